The van der Waals surface area contributed by atoms with Gasteiger partial charge < -0.3 is 5.32 Å². The molecule has 2 rings (SSSR count). The van der Waals surface area contributed by atoms with Gasteiger partial charge in [0.1, 0.15) is 0 Å². The lowest BCUT2D eigenvalue weighted by atomic mass is 10.1. The van der Waals surface area contributed by atoms with Crippen molar-refractivity contribution in [1.29, 1.82) is 0 Å². The molecule has 2 fully saturated rings. The van der Waals surface area contributed by atoms with Gasteiger partial charge in [-0.15, -0.1) is 12.4 Å². The third kappa shape index (κ3) is 6.05. The third-order valence-electron chi connectivity index (χ3n) is 4.84. The quantitative estimate of drug-likeness (QED) is 0.740. The first-order valence-electron chi connectivity index (χ1n) is 8.26. The normalized spacial score (nSPS) is 21.5. The molecule has 6 heteroatoms. The number of halogens is 1. The summed E-state index contributed by atoms with van der Waals surface area (Å²) in [5, 5.41) is 3.60. The van der Waals surface area contributed by atoms with E-state index in [1.54, 1.807) is 4.31 Å². The summed E-state index contributed by atoms with van der Waals surface area (Å²) in [7, 11) is -3.04. The Hall–Kier alpha value is 0.160. The van der Waals surface area contributed by atoms with E-state index in [4.69, 9.17) is 0 Å². The molecule has 0 aromatic rings. The molecule has 0 unspecified atom stereocenters. The van der Waals surface area contributed by atoms with Crippen molar-refractivity contribution in [3.63, 3.8) is 0 Å². The van der Waals surface area contributed by atoms with E-state index in [9.17, 15) is 8.42 Å². The van der Waals surface area contributed by atoms with Gasteiger partial charge in [-0.25, -0.2) is 12.7 Å². The first-order valence-corrected chi connectivity index (χ1v) is 9.87. The molecule has 0 aromatic carbocycles. The van der Waals surface area contributed by atoms with Crippen LogP contribution in [0.5, 0.6) is 0 Å². The number of sulfonamides is 1. The molecule has 0 bridgehead atoms. The average Bonchev–Trinajstić information content (AvgIpc) is 3.27. The van der Waals surface area contributed by atoms with E-state index in [2.05, 4.69) is 19.2 Å². The molecule has 0 radical (unpaired) electrons. The van der Waals surface area contributed by atoms with Gasteiger partial charge in [0.05, 0.1) is 5.75 Å². The van der Waals surface area contributed by atoms with Crippen LogP contribution in [0.25, 0.3) is 0 Å². The molecule has 4 nitrogen and oxygen atoms in total. The van der Waals surface area contributed by atoms with E-state index >= 15 is 0 Å². The lowest BCUT2D eigenvalue weighted by Gasteiger charge is -2.32. The second kappa shape index (κ2) is 8.70. The van der Waals surface area contributed by atoms with Crippen molar-refractivity contribution in [3.8, 4) is 0 Å². The molecule has 2 aliphatic rings. The Kier molecular flexibility index (Phi) is 7.96. The van der Waals surface area contributed by atoms with Gasteiger partial charge in [-0.1, -0.05) is 26.7 Å². The van der Waals surface area contributed by atoms with Crippen LogP contribution in [0.15, 0.2) is 0 Å². The van der Waals surface area contributed by atoms with Crippen molar-refractivity contribution in [1.82, 2.24) is 9.62 Å². The van der Waals surface area contributed by atoms with Crippen LogP contribution in [-0.4, -0.2) is 44.2 Å². The van der Waals surface area contributed by atoms with Crippen LogP contribution in [0.2, 0.25) is 0 Å². The Balaban J connectivity index is 0.00000220. The molecule has 1 N–H and O–H groups in total. The van der Waals surface area contributed by atoms with E-state index in [0.717, 1.165) is 38.1 Å². The topological polar surface area (TPSA) is 49.4 Å². The van der Waals surface area contributed by atoms with Crippen molar-refractivity contribution in [2.45, 2.75) is 58.4 Å². The van der Waals surface area contributed by atoms with Gasteiger partial charge in [-0.05, 0) is 44.1 Å². The van der Waals surface area contributed by atoms with Crippen LogP contribution in [0.1, 0.15) is 52.4 Å². The van der Waals surface area contributed by atoms with Gasteiger partial charge in [0.15, 0.2) is 0 Å². The molecule has 0 amide bonds. The second-order valence-corrected chi connectivity index (χ2v) is 8.50. The number of nitrogens with one attached hydrogen (secondary N) is 1. The smallest absolute Gasteiger partial charge is 0.214 e. The maximum absolute atomic E-state index is 12.4. The maximum atomic E-state index is 12.4. The van der Waals surface area contributed by atoms with Crippen LogP contribution in [-0.2, 0) is 10.0 Å². The summed E-state index contributed by atoms with van der Waals surface area (Å²) in [5.74, 6) is 1.54. The highest BCUT2D eigenvalue weighted by atomic mass is 35.5. The summed E-state index contributed by atoms with van der Waals surface area (Å²) in [6.07, 6.45) is 6.58. The van der Waals surface area contributed by atoms with Crippen LogP contribution in [0.4, 0.5) is 0 Å². The standard InChI is InChI=1S/C15H30N2O2S.ClH/c1-3-13(4-2)12-20(18,19)17-9-7-15(8-10-17)16-11-14-5-6-14;/h13-16H,3-12H2,1-2H3;1H. The van der Waals surface area contributed by atoms with E-state index in [-0.39, 0.29) is 12.4 Å². The number of piperidine rings is 1. The fourth-order valence-corrected chi connectivity index (χ4v) is 4.97. The molecule has 1 saturated heterocycles. The number of rotatable bonds is 8. The molecule has 0 spiro atoms. The highest BCUT2D eigenvalue weighted by Gasteiger charge is 2.30. The minimum atomic E-state index is -3.04. The molecule has 0 aromatic heterocycles. The number of hydrogen-bond acceptors (Lipinski definition) is 3. The minimum absolute atomic E-state index is 0. The monoisotopic (exact) mass is 338 g/mol. The first-order chi connectivity index (χ1) is 9.55. The van der Waals surface area contributed by atoms with Crippen molar-refractivity contribution in [2.75, 3.05) is 25.4 Å². The predicted octanol–water partition coefficient (Wildman–Crippen LogP) is 2.64. The van der Waals surface area contributed by atoms with Gasteiger partial charge in [0, 0.05) is 19.1 Å². The molecular formula is C15H31ClN2O2S. The van der Waals surface area contributed by atoms with Crippen molar-refractivity contribution >= 4 is 22.4 Å². The zero-order chi connectivity index (χ0) is 14.6. The lowest BCUT2D eigenvalue weighted by molar-refractivity contribution is 0.286. The van der Waals surface area contributed by atoms with E-state index < -0.39 is 10.0 Å². The van der Waals surface area contributed by atoms with Crippen molar-refractivity contribution < 1.29 is 8.42 Å². The summed E-state index contributed by atoms with van der Waals surface area (Å²) < 4.78 is 26.5. The summed E-state index contributed by atoms with van der Waals surface area (Å²) in [6.45, 7) is 6.69. The molecule has 1 saturated carbocycles. The molecule has 1 heterocycles. The second-order valence-electron chi connectivity index (χ2n) is 6.49. The molecular weight excluding hydrogens is 308 g/mol. The maximum Gasteiger partial charge on any atom is 0.214 e. The van der Waals surface area contributed by atoms with Crippen LogP contribution < -0.4 is 5.32 Å². The van der Waals surface area contributed by atoms with Crippen molar-refractivity contribution in [2.24, 2.45) is 11.8 Å². The lowest BCUT2D eigenvalue weighted by Crippen LogP contribution is -2.46. The van der Waals surface area contributed by atoms with Crippen molar-refractivity contribution in [3.05, 3.63) is 0 Å². The predicted molar refractivity (Wildman–Crippen MR) is 90.4 cm³/mol. The van der Waals surface area contributed by atoms with Crippen LogP contribution in [0, 0.1) is 11.8 Å². The summed E-state index contributed by atoms with van der Waals surface area (Å²) in [5.41, 5.74) is 0. The average molecular weight is 339 g/mol. The Labute approximate surface area is 136 Å². The highest BCUT2D eigenvalue weighted by molar-refractivity contribution is 7.89. The molecule has 21 heavy (non-hydrogen) atoms. The van der Waals surface area contributed by atoms with Gasteiger partial charge in [0.25, 0.3) is 0 Å². The summed E-state index contributed by atoms with van der Waals surface area (Å²) in [6, 6.07) is 0.523. The first kappa shape index (κ1) is 19.2. The number of nitrogens with zero attached hydrogens (tertiary/aromatic N) is 1. The molecule has 0 atom stereocenters. The van der Waals surface area contributed by atoms with E-state index in [0.29, 0.717) is 30.8 Å². The van der Waals surface area contributed by atoms with E-state index in [1.165, 1.54) is 12.8 Å². The van der Waals surface area contributed by atoms with Gasteiger partial charge in [-0.2, -0.15) is 0 Å². The van der Waals surface area contributed by atoms with Gasteiger partial charge in [0.2, 0.25) is 10.0 Å². The zero-order valence-corrected chi connectivity index (χ0v) is 15.0. The summed E-state index contributed by atoms with van der Waals surface area (Å²) in [4.78, 5) is 0. The fourth-order valence-electron chi connectivity index (χ4n) is 2.92. The summed E-state index contributed by atoms with van der Waals surface area (Å²) >= 11 is 0. The number of hydrogen-bond donors (Lipinski definition) is 1. The Morgan fingerprint density at radius 1 is 1.10 bits per heavy atom. The molecule has 1 aliphatic heterocycles. The van der Waals surface area contributed by atoms with Gasteiger partial charge >= 0.3 is 0 Å². The van der Waals surface area contributed by atoms with Gasteiger partial charge in [-0.3, -0.25) is 0 Å². The zero-order valence-electron chi connectivity index (χ0n) is 13.4. The minimum Gasteiger partial charge on any atom is -0.314 e. The van der Waals surface area contributed by atoms with E-state index in [1.807, 2.05) is 0 Å². The Bertz CT molecular complexity index is 386. The fraction of sp³-hybridized carbons (Fsp3) is 1.00. The Morgan fingerprint density at radius 2 is 1.67 bits per heavy atom. The van der Waals surface area contributed by atoms with Crippen LogP contribution >= 0.6 is 12.4 Å². The Morgan fingerprint density at radius 3 is 2.14 bits per heavy atom. The SMILES string of the molecule is CCC(CC)CS(=O)(=O)N1CCC(NCC2CC2)CC1.Cl. The molecule has 1 aliphatic carbocycles. The molecule has 126 valence electrons. The van der Waals surface area contributed by atoms with Crippen LogP contribution in [0.3, 0.4) is 0 Å². The largest absolute Gasteiger partial charge is 0.314 e. The third-order valence-corrected chi connectivity index (χ3v) is 6.89. The highest BCUT2D eigenvalue weighted by Crippen LogP contribution is 2.28.